The number of amides is 1. The average molecular weight is 257 g/mol. The van der Waals surface area contributed by atoms with Gasteiger partial charge < -0.3 is 10.0 Å². The maximum atomic E-state index is 12.3. The third kappa shape index (κ3) is 3.07. The zero-order chi connectivity index (χ0) is 13.7. The average Bonchev–Trinajstić information content (AvgIpc) is 2.46. The highest BCUT2D eigenvalue weighted by atomic mass is 16.3. The van der Waals surface area contributed by atoms with Crippen LogP contribution in [0.15, 0.2) is 42.9 Å². The molecular weight excluding hydrogens is 242 g/mol. The molecule has 2 aromatic rings. The Morgan fingerprint density at radius 2 is 2.16 bits per heavy atom. The van der Waals surface area contributed by atoms with Gasteiger partial charge in [-0.25, -0.2) is 0 Å². The van der Waals surface area contributed by atoms with E-state index >= 15 is 0 Å². The van der Waals surface area contributed by atoms with E-state index in [1.165, 1.54) is 18.5 Å². The summed E-state index contributed by atoms with van der Waals surface area (Å²) in [7, 11) is 0. The molecule has 1 N–H and O–H groups in total. The molecule has 0 aliphatic rings. The SMILES string of the molecule is CCN(Cc1ccccn1)C(=O)c1ccncc1O. The van der Waals surface area contributed by atoms with E-state index in [4.69, 9.17) is 0 Å². The number of aromatic nitrogens is 2. The molecule has 0 aliphatic carbocycles. The van der Waals surface area contributed by atoms with Gasteiger partial charge in [0.25, 0.3) is 5.91 Å². The molecule has 0 aromatic carbocycles. The van der Waals surface area contributed by atoms with Crippen LogP contribution in [0.2, 0.25) is 0 Å². The Balaban J connectivity index is 2.18. The minimum absolute atomic E-state index is 0.105. The van der Waals surface area contributed by atoms with Crippen molar-refractivity contribution in [3.8, 4) is 5.75 Å². The minimum atomic E-state index is -0.229. The molecule has 0 bridgehead atoms. The van der Waals surface area contributed by atoms with E-state index in [0.29, 0.717) is 13.1 Å². The number of hydrogen-bond donors (Lipinski definition) is 1. The van der Waals surface area contributed by atoms with Crippen molar-refractivity contribution in [3.05, 3.63) is 54.1 Å². The number of carbonyl (C=O) groups excluding carboxylic acids is 1. The fourth-order valence-corrected chi connectivity index (χ4v) is 1.75. The predicted molar refractivity (Wildman–Crippen MR) is 70.6 cm³/mol. The molecule has 0 fully saturated rings. The Kier molecular flexibility index (Phi) is 4.07. The third-order valence-corrected chi connectivity index (χ3v) is 2.78. The standard InChI is InChI=1S/C14H15N3O2/c1-2-17(10-11-5-3-4-7-16-11)14(19)12-6-8-15-9-13(12)18/h3-9,18H,2,10H2,1H3. The maximum absolute atomic E-state index is 12.3. The van der Waals surface area contributed by atoms with Crippen LogP contribution >= 0.6 is 0 Å². The molecule has 0 saturated carbocycles. The van der Waals surface area contributed by atoms with Gasteiger partial charge in [-0.1, -0.05) is 6.07 Å². The second-order valence-corrected chi connectivity index (χ2v) is 4.03. The van der Waals surface area contributed by atoms with Crippen LogP contribution in [0, 0.1) is 0 Å². The second-order valence-electron chi connectivity index (χ2n) is 4.03. The van der Waals surface area contributed by atoms with Gasteiger partial charge in [0.15, 0.2) is 0 Å². The lowest BCUT2D eigenvalue weighted by molar-refractivity contribution is 0.0747. The lowest BCUT2D eigenvalue weighted by atomic mass is 10.2. The molecule has 1 amide bonds. The van der Waals surface area contributed by atoms with Crippen molar-refractivity contribution in [3.63, 3.8) is 0 Å². The van der Waals surface area contributed by atoms with Crippen LogP contribution in [0.3, 0.4) is 0 Å². The first-order valence-electron chi connectivity index (χ1n) is 6.04. The van der Waals surface area contributed by atoms with Crippen LogP contribution in [0.1, 0.15) is 23.0 Å². The number of carbonyl (C=O) groups is 1. The van der Waals surface area contributed by atoms with Gasteiger partial charge in [0.1, 0.15) is 5.75 Å². The summed E-state index contributed by atoms with van der Waals surface area (Å²) in [6.07, 6.45) is 4.45. The molecule has 98 valence electrons. The topological polar surface area (TPSA) is 66.3 Å². The lowest BCUT2D eigenvalue weighted by Gasteiger charge is -2.20. The Labute approximate surface area is 111 Å². The Hall–Kier alpha value is -2.43. The molecule has 19 heavy (non-hydrogen) atoms. The quantitative estimate of drug-likeness (QED) is 0.907. The Morgan fingerprint density at radius 1 is 1.32 bits per heavy atom. The first-order chi connectivity index (χ1) is 9.22. The van der Waals surface area contributed by atoms with E-state index in [1.807, 2.05) is 25.1 Å². The van der Waals surface area contributed by atoms with E-state index in [9.17, 15) is 9.90 Å². The van der Waals surface area contributed by atoms with Crippen LogP contribution in [0.5, 0.6) is 5.75 Å². The van der Waals surface area contributed by atoms with Crippen LogP contribution in [-0.2, 0) is 6.54 Å². The minimum Gasteiger partial charge on any atom is -0.505 e. The van der Waals surface area contributed by atoms with E-state index in [1.54, 1.807) is 11.1 Å². The number of aromatic hydroxyl groups is 1. The smallest absolute Gasteiger partial charge is 0.258 e. The summed E-state index contributed by atoms with van der Waals surface area (Å²) in [4.78, 5) is 21.9. The van der Waals surface area contributed by atoms with Gasteiger partial charge in [-0.3, -0.25) is 14.8 Å². The van der Waals surface area contributed by atoms with Crippen molar-refractivity contribution in [2.24, 2.45) is 0 Å². The molecule has 5 heteroatoms. The summed E-state index contributed by atoms with van der Waals surface area (Å²) in [5.74, 6) is -0.333. The monoisotopic (exact) mass is 257 g/mol. The van der Waals surface area contributed by atoms with Crippen LogP contribution in [0.4, 0.5) is 0 Å². The zero-order valence-electron chi connectivity index (χ0n) is 10.7. The summed E-state index contributed by atoms with van der Waals surface area (Å²) in [5.41, 5.74) is 1.07. The largest absolute Gasteiger partial charge is 0.505 e. The van der Waals surface area contributed by atoms with Crippen molar-refractivity contribution in [2.75, 3.05) is 6.54 Å². The number of rotatable bonds is 4. The molecule has 2 aromatic heterocycles. The fourth-order valence-electron chi connectivity index (χ4n) is 1.75. The van der Waals surface area contributed by atoms with Gasteiger partial charge in [0.2, 0.25) is 0 Å². The van der Waals surface area contributed by atoms with Gasteiger partial charge in [0.05, 0.1) is 24.0 Å². The Bertz CT molecular complexity index is 558. The highest BCUT2D eigenvalue weighted by molar-refractivity contribution is 5.96. The summed E-state index contributed by atoms with van der Waals surface area (Å²) < 4.78 is 0. The summed E-state index contributed by atoms with van der Waals surface area (Å²) in [6.45, 7) is 2.84. The Morgan fingerprint density at radius 3 is 2.79 bits per heavy atom. The molecule has 0 atom stereocenters. The van der Waals surface area contributed by atoms with E-state index in [0.717, 1.165) is 5.69 Å². The normalized spacial score (nSPS) is 10.2. The molecule has 2 rings (SSSR count). The maximum Gasteiger partial charge on any atom is 0.258 e. The second kappa shape index (κ2) is 5.95. The van der Waals surface area contributed by atoms with Crippen molar-refractivity contribution >= 4 is 5.91 Å². The van der Waals surface area contributed by atoms with Crippen molar-refractivity contribution in [1.82, 2.24) is 14.9 Å². The first kappa shape index (κ1) is 13.0. The van der Waals surface area contributed by atoms with Crippen LogP contribution in [-0.4, -0.2) is 32.4 Å². The van der Waals surface area contributed by atoms with E-state index in [-0.39, 0.29) is 17.2 Å². The zero-order valence-corrected chi connectivity index (χ0v) is 10.7. The summed E-state index contributed by atoms with van der Waals surface area (Å²) >= 11 is 0. The molecule has 0 aliphatic heterocycles. The number of hydrogen-bond acceptors (Lipinski definition) is 4. The molecule has 2 heterocycles. The van der Waals surface area contributed by atoms with Gasteiger partial charge in [-0.15, -0.1) is 0 Å². The summed E-state index contributed by atoms with van der Waals surface area (Å²) in [6, 6.07) is 7.09. The van der Waals surface area contributed by atoms with Gasteiger partial charge in [-0.05, 0) is 25.1 Å². The fraction of sp³-hybridized carbons (Fsp3) is 0.214. The predicted octanol–water partition coefficient (Wildman–Crippen LogP) is 1.84. The summed E-state index contributed by atoms with van der Waals surface area (Å²) in [5, 5.41) is 9.67. The van der Waals surface area contributed by atoms with Gasteiger partial charge >= 0.3 is 0 Å². The molecule has 0 saturated heterocycles. The lowest BCUT2D eigenvalue weighted by Crippen LogP contribution is -2.30. The third-order valence-electron chi connectivity index (χ3n) is 2.78. The first-order valence-corrected chi connectivity index (χ1v) is 6.04. The highest BCUT2D eigenvalue weighted by Crippen LogP contribution is 2.17. The number of nitrogens with zero attached hydrogens (tertiary/aromatic N) is 3. The number of pyridine rings is 2. The van der Waals surface area contributed by atoms with Crippen LogP contribution < -0.4 is 0 Å². The molecular formula is C14H15N3O2. The van der Waals surface area contributed by atoms with Gasteiger partial charge in [-0.2, -0.15) is 0 Å². The molecule has 0 unspecified atom stereocenters. The molecule has 0 spiro atoms. The van der Waals surface area contributed by atoms with Crippen LogP contribution in [0.25, 0.3) is 0 Å². The molecule has 0 radical (unpaired) electrons. The highest BCUT2D eigenvalue weighted by Gasteiger charge is 2.18. The van der Waals surface area contributed by atoms with Crippen molar-refractivity contribution in [2.45, 2.75) is 13.5 Å². The van der Waals surface area contributed by atoms with E-state index < -0.39 is 0 Å². The van der Waals surface area contributed by atoms with Gasteiger partial charge in [0, 0.05) is 18.9 Å². The van der Waals surface area contributed by atoms with Crippen molar-refractivity contribution < 1.29 is 9.90 Å². The molecule has 5 nitrogen and oxygen atoms in total. The van der Waals surface area contributed by atoms with E-state index in [2.05, 4.69) is 9.97 Å². The van der Waals surface area contributed by atoms with Crippen molar-refractivity contribution in [1.29, 1.82) is 0 Å².